The Morgan fingerprint density at radius 2 is 2.29 bits per heavy atom. The molecule has 4 nitrogen and oxygen atoms in total. The van der Waals surface area contributed by atoms with Crippen LogP contribution in [0.3, 0.4) is 0 Å². The molecule has 0 aromatic heterocycles. The van der Waals surface area contributed by atoms with E-state index in [4.69, 9.17) is 4.74 Å². The predicted molar refractivity (Wildman–Crippen MR) is 55.5 cm³/mol. The summed E-state index contributed by atoms with van der Waals surface area (Å²) in [6.45, 7) is 4.13. The van der Waals surface area contributed by atoms with Crippen molar-refractivity contribution < 1.29 is 9.53 Å². The first-order valence-electron chi connectivity index (χ1n) is 4.92. The van der Waals surface area contributed by atoms with Gasteiger partial charge in [-0.25, -0.2) is 0 Å². The van der Waals surface area contributed by atoms with Gasteiger partial charge in [-0.3, -0.25) is 4.79 Å². The molecule has 2 heterocycles. The molecule has 82 valence electrons. The van der Waals surface area contributed by atoms with Gasteiger partial charge < -0.3 is 15.4 Å². The van der Waals surface area contributed by atoms with Crippen LogP contribution in [0.15, 0.2) is 0 Å². The molecule has 0 spiro atoms. The summed E-state index contributed by atoms with van der Waals surface area (Å²) in [6, 6.07) is 0. The number of carbonyl (C=O) groups is 1. The van der Waals surface area contributed by atoms with Gasteiger partial charge in [0.1, 0.15) is 0 Å². The van der Waals surface area contributed by atoms with E-state index in [9.17, 15) is 4.79 Å². The van der Waals surface area contributed by atoms with E-state index in [0.717, 1.165) is 39.3 Å². The number of carbonyl (C=O) groups excluding carboxylic acids is 1. The van der Waals surface area contributed by atoms with Crippen LogP contribution in [-0.4, -0.2) is 38.8 Å². The van der Waals surface area contributed by atoms with Crippen LogP contribution in [0, 0.1) is 11.8 Å². The van der Waals surface area contributed by atoms with Gasteiger partial charge in [-0.2, -0.15) is 0 Å². The smallest absolute Gasteiger partial charge is 0.225 e. The highest BCUT2D eigenvalue weighted by atomic mass is 35.5. The maximum Gasteiger partial charge on any atom is 0.225 e. The van der Waals surface area contributed by atoms with Crippen LogP contribution in [0.5, 0.6) is 0 Å². The van der Waals surface area contributed by atoms with Crippen LogP contribution < -0.4 is 10.6 Å². The Morgan fingerprint density at radius 1 is 1.50 bits per heavy atom. The molecule has 2 rings (SSSR count). The molecule has 2 aliphatic rings. The van der Waals surface area contributed by atoms with Crippen molar-refractivity contribution in [1.82, 2.24) is 10.6 Å². The van der Waals surface area contributed by atoms with Gasteiger partial charge in [0.15, 0.2) is 0 Å². The number of ether oxygens (including phenoxy) is 1. The average Bonchev–Trinajstić information content (AvgIpc) is 2.49. The van der Waals surface area contributed by atoms with Crippen molar-refractivity contribution in [3.63, 3.8) is 0 Å². The summed E-state index contributed by atoms with van der Waals surface area (Å²) in [7, 11) is 0. The maximum absolute atomic E-state index is 11.4. The van der Waals surface area contributed by atoms with Crippen molar-refractivity contribution in [2.24, 2.45) is 11.8 Å². The highest BCUT2D eigenvalue weighted by molar-refractivity contribution is 5.85. The van der Waals surface area contributed by atoms with E-state index in [1.807, 2.05) is 0 Å². The van der Waals surface area contributed by atoms with Crippen LogP contribution in [0.1, 0.15) is 6.42 Å². The van der Waals surface area contributed by atoms with Gasteiger partial charge in [0.05, 0.1) is 12.5 Å². The fourth-order valence-electron chi connectivity index (χ4n) is 1.61. The Labute approximate surface area is 90.2 Å². The first-order chi connectivity index (χ1) is 6.36. The summed E-state index contributed by atoms with van der Waals surface area (Å²) in [4.78, 5) is 11.4. The summed E-state index contributed by atoms with van der Waals surface area (Å²) < 4.78 is 5.23. The molecule has 2 N–H and O–H groups in total. The molecule has 2 fully saturated rings. The fraction of sp³-hybridized carbons (Fsp3) is 0.889. The third-order valence-electron chi connectivity index (χ3n) is 2.74. The summed E-state index contributed by atoms with van der Waals surface area (Å²) in [5.41, 5.74) is 0. The Balaban J connectivity index is 0.000000980. The van der Waals surface area contributed by atoms with Gasteiger partial charge in [0, 0.05) is 32.2 Å². The fourth-order valence-corrected chi connectivity index (χ4v) is 1.61. The third kappa shape index (κ3) is 2.83. The molecular weight excluding hydrogens is 204 g/mol. The maximum atomic E-state index is 11.4. The van der Waals surface area contributed by atoms with Crippen molar-refractivity contribution in [3.05, 3.63) is 0 Å². The summed E-state index contributed by atoms with van der Waals surface area (Å²) >= 11 is 0. The number of halogens is 1. The van der Waals surface area contributed by atoms with Crippen LogP contribution in [0.4, 0.5) is 0 Å². The molecular formula is C9H17ClN2O2. The van der Waals surface area contributed by atoms with Crippen LogP contribution in [0.25, 0.3) is 0 Å². The Morgan fingerprint density at radius 3 is 2.79 bits per heavy atom. The van der Waals surface area contributed by atoms with Gasteiger partial charge in [-0.15, -0.1) is 12.4 Å². The van der Waals surface area contributed by atoms with Crippen molar-refractivity contribution in [2.45, 2.75) is 6.42 Å². The zero-order valence-electron chi connectivity index (χ0n) is 8.12. The van der Waals surface area contributed by atoms with E-state index in [1.165, 1.54) is 0 Å². The number of hydrogen-bond donors (Lipinski definition) is 2. The first kappa shape index (κ1) is 11.8. The third-order valence-corrected chi connectivity index (χ3v) is 2.74. The number of amides is 1. The summed E-state index contributed by atoms with van der Waals surface area (Å²) in [5.74, 6) is 0.949. The molecule has 0 bridgehead atoms. The molecule has 0 saturated carbocycles. The zero-order valence-corrected chi connectivity index (χ0v) is 8.94. The SMILES string of the molecule is Cl.O=C(NCC1CCOC1)C1CNC1. The quantitative estimate of drug-likeness (QED) is 0.692. The van der Waals surface area contributed by atoms with E-state index in [2.05, 4.69) is 10.6 Å². The number of rotatable bonds is 3. The Bertz CT molecular complexity index is 191. The van der Waals surface area contributed by atoms with Crippen LogP contribution in [0.2, 0.25) is 0 Å². The first-order valence-corrected chi connectivity index (χ1v) is 4.92. The topological polar surface area (TPSA) is 50.4 Å². The van der Waals surface area contributed by atoms with Crippen LogP contribution >= 0.6 is 12.4 Å². The van der Waals surface area contributed by atoms with E-state index < -0.39 is 0 Å². The number of nitrogens with one attached hydrogen (secondary N) is 2. The molecule has 2 saturated heterocycles. The molecule has 0 aliphatic carbocycles. The van der Waals surface area contributed by atoms with Gasteiger partial charge in [0.2, 0.25) is 5.91 Å². The lowest BCUT2D eigenvalue weighted by atomic mass is 10.0. The van der Waals surface area contributed by atoms with Crippen LogP contribution in [-0.2, 0) is 9.53 Å². The Hall–Kier alpha value is -0.320. The number of hydrogen-bond acceptors (Lipinski definition) is 3. The Kier molecular flexibility index (Phi) is 4.65. The normalized spacial score (nSPS) is 26.4. The minimum Gasteiger partial charge on any atom is -0.381 e. The van der Waals surface area contributed by atoms with E-state index in [-0.39, 0.29) is 24.2 Å². The largest absolute Gasteiger partial charge is 0.381 e. The summed E-state index contributed by atoms with van der Waals surface area (Å²) in [6.07, 6.45) is 1.09. The van der Waals surface area contributed by atoms with Gasteiger partial charge in [0.25, 0.3) is 0 Å². The minimum atomic E-state index is 0. The lowest BCUT2D eigenvalue weighted by molar-refractivity contribution is -0.126. The molecule has 1 amide bonds. The molecule has 1 unspecified atom stereocenters. The zero-order chi connectivity index (χ0) is 9.10. The van der Waals surface area contributed by atoms with E-state index in [1.54, 1.807) is 0 Å². The molecule has 0 radical (unpaired) electrons. The molecule has 2 aliphatic heterocycles. The predicted octanol–water partition coefficient (Wildman–Crippen LogP) is -0.220. The average molecular weight is 221 g/mol. The molecule has 0 aromatic carbocycles. The van der Waals surface area contributed by atoms with Crippen molar-refractivity contribution in [2.75, 3.05) is 32.8 Å². The van der Waals surface area contributed by atoms with Gasteiger partial charge >= 0.3 is 0 Å². The lowest BCUT2D eigenvalue weighted by Gasteiger charge is -2.26. The lowest BCUT2D eigenvalue weighted by Crippen LogP contribution is -2.51. The second-order valence-corrected chi connectivity index (χ2v) is 3.83. The van der Waals surface area contributed by atoms with E-state index in [0.29, 0.717) is 5.92 Å². The van der Waals surface area contributed by atoms with Crippen molar-refractivity contribution in [1.29, 1.82) is 0 Å². The highest BCUT2D eigenvalue weighted by Gasteiger charge is 2.25. The standard InChI is InChI=1S/C9H16N2O2.ClH/c12-9(8-4-10-5-8)11-3-7-1-2-13-6-7;/h7-8,10H,1-6H2,(H,11,12);1H. The van der Waals surface area contributed by atoms with Crippen molar-refractivity contribution >= 4 is 18.3 Å². The second-order valence-electron chi connectivity index (χ2n) is 3.83. The van der Waals surface area contributed by atoms with Crippen molar-refractivity contribution in [3.8, 4) is 0 Å². The summed E-state index contributed by atoms with van der Waals surface area (Å²) in [5, 5.41) is 6.05. The highest BCUT2D eigenvalue weighted by Crippen LogP contribution is 2.11. The monoisotopic (exact) mass is 220 g/mol. The molecule has 0 aromatic rings. The second kappa shape index (κ2) is 5.53. The van der Waals surface area contributed by atoms with Gasteiger partial charge in [-0.1, -0.05) is 0 Å². The van der Waals surface area contributed by atoms with Gasteiger partial charge in [-0.05, 0) is 6.42 Å². The molecule has 1 atom stereocenters. The molecule has 14 heavy (non-hydrogen) atoms. The molecule has 5 heteroatoms. The van der Waals surface area contributed by atoms with E-state index >= 15 is 0 Å². The minimum absolute atomic E-state index is 0.